The molecule has 2 aromatic carbocycles. The Bertz CT molecular complexity index is 1050. The zero-order valence-electron chi connectivity index (χ0n) is 15.4. The molecule has 0 unspecified atom stereocenters. The van der Waals surface area contributed by atoms with Crippen molar-refractivity contribution in [3.63, 3.8) is 0 Å². The first-order chi connectivity index (χ1) is 13.6. The number of aryl methyl sites for hydroxylation is 1. The van der Waals surface area contributed by atoms with Crippen LogP contribution >= 0.6 is 11.8 Å². The van der Waals surface area contributed by atoms with E-state index >= 15 is 0 Å². The number of benzene rings is 2. The van der Waals surface area contributed by atoms with Gasteiger partial charge in [0.15, 0.2) is 22.5 Å². The zero-order valence-corrected chi connectivity index (χ0v) is 16.2. The van der Waals surface area contributed by atoms with Crippen LogP contribution in [-0.2, 0) is 12.3 Å². The molecule has 2 heterocycles. The van der Waals surface area contributed by atoms with Crippen molar-refractivity contribution in [3.8, 4) is 22.9 Å². The van der Waals surface area contributed by atoms with Crippen molar-refractivity contribution in [2.75, 3.05) is 6.79 Å². The minimum absolute atomic E-state index is 0.122. The lowest BCUT2D eigenvalue weighted by atomic mass is 10.1. The smallest absolute Gasteiger partial charge is 0.273 e. The molecule has 0 saturated carbocycles. The first kappa shape index (κ1) is 18.3. The van der Waals surface area contributed by atoms with Crippen molar-refractivity contribution in [3.05, 3.63) is 57.6 Å². The normalized spacial score (nSPS) is 12.4. The number of aromatic nitrogens is 3. The van der Waals surface area contributed by atoms with Gasteiger partial charge < -0.3 is 14.0 Å². The Morgan fingerprint density at radius 3 is 2.79 bits per heavy atom. The van der Waals surface area contributed by atoms with Crippen LogP contribution in [0.5, 0.6) is 11.5 Å². The summed E-state index contributed by atoms with van der Waals surface area (Å²) < 4.78 is 12.8. The van der Waals surface area contributed by atoms with Crippen molar-refractivity contribution < 1.29 is 14.4 Å². The number of hydrogen-bond acceptors (Lipinski definition) is 7. The molecule has 0 N–H and O–H groups in total. The number of hydrogen-bond donors (Lipinski definition) is 0. The van der Waals surface area contributed by atoms with Crippen LogP contribution in [0.3, 0.4) is 0 Å². The second kappa shape index (κ2) is 7.51. The molecule has 0 fully saturated rings. The van der Waals surface area contributed by atoms with E-state index in [1.54, 1.807) is 12.1 Å². The van der Waals surface area contributed by atoms with Gasteiger partial charge in [-0.15, -0.1) is 10.2 Å². The van der Waals surface area contributed by atoms with Gasteiger partial charge in [0, 0.05) is 29.5 Å². The lowest BCUT2D eigenvalue weighted by Crippen LogP contribution is -2.00. The Morgan fingerprint density at radius 1 is 1.18 bits per heavy atom. The summed E-state index contributed by atoms with van der Waals surface area (Å²) in [6.07, 6.45) is 0. The Morgan fingerprint density at radius 2 is 2.00 bits per heavy atom. The molecule has 28 heavy (non-hydrogen) atoms. The third kappa shape index (κ3) is 3.40. The molecule has 1 aromatic heterocycles. The fourth-order valence-corrected chi connectivity index (χ4v) is 4.07. The predicted octanol–water partition coefficient (Wildman–Crippen LogP) is 4.20. The summed E-state index contributed by atoms with van der Waals surface area (Å²) >= 11 is 1.43. The van der Waals surface area contributed by atoms with Gasteiger partial charge in [-0.25, -0.2) is 0 Å². The number of fused-ring (bicyclic) bond motifs is 1. The van der Waals surface area contributed by atoms with Crippen LogP contribution in [0.4, 0.5) is 5.69 Å². The minimum Gasteiger partial charge on any atom is -0.454 e. The first-order valence-electron chi connectivity index (χ1n) is 8.76. The molecule has 1 aliphatic rings. The van der Waals surface area contributed by atoms with Crippen molar-refractivity contribution in [1.82, 2.24) is 14.8 Å². The zero-order chi connectivity index (χ0) is 19.7. The molecule has 1 aliphatic heterocycles. The highest BCUT2D eigenvalue weighted by atomic mass is 32.2. The molecule has 0 bridgehead atoms. The van der Waals surface area contributed by atoms with Gasteiger partial charge in [-0.2, -0.15) is 0 Å². The Labute approximate surface area is 165 Å². The van der Waals surface area contributed by atoms with Crippen LogP contribution in [0, 0.1) is 17.0 Å². The second-order valence-electron chi connectivity index (χ2n) is 6.30. The van der Waals surface area contributed by atoms with E-state index in [1.807, 2.05) is 42.7 Å². The van der Waals surface area contributed by atoms with Gasteiger partial charge in [0.2, 0.25) is 6.79 Å². The summed E-state index contributed by atoms with van der Waals surface area (Å²) in [5, 5.41) is 20.6. The van der Waals surface area contributed by atoms with Crippen molar-refractivity contribution in [2.45, 2.75) is 31.3 Å². The van der Waals surface area contributed by atoms with Gasteiger partial charge in [-0.05, 0) is 38.1 Å². The van der Waals surface area contributed by atoms with Crippen LogP contribution in [-0.4, -0.2) is 26.5 Å². The maximum Gasteiger partial charge on any atom is 0.273 e. The fourth-order valence-electron chi connectivity index (χ4n) is 3.08. The molecule has 144 valence electrons. The SMILES string of the molecule is CCn1c(SCc2cc(C)ccc2[N+](=O)[O-])nnc1-c1ccc2c(c1)OCO2. The quantitative estimate of drug-likeness (QED) is 0.349. The Kier molecular flexibility index (Phi) is 4.91. The van der Waals surface area contributed by atoms with Gasteiger partial charge in [0.25, 0.3) is 5.69 Å². The summed E-state index contributed by atoms with van der Waals surface area (Å²) in [7, 11) is 0. The number of nitro groups is 1. The van der Waals surface area contributed by atoms with Gasteiger partial charge in [-0.1, -0.05) is 23.4 Å². The van der Waals surface area contributed by atoms with Gasteiger partial charge in [0.1, 0.15) is 0 Å². The third-order valence-electron chi connectivity index (χ3n) is 4.45. The Balaban J connectivity index is 1.61. The molecule has 9 heteroatoms. The van der Waals surface area contributed by atoms with E-state index < -0.39 is 0 Å². The third-order valence-corrected chi connectivity index (χ3v) is 5.47. The van der Waals surface area contributed by atoms with E-state index in [-0.39, 0.29) is 17.4 Å². The molecule has 0 amide bonds. The molecule has 3 aromatic rings. The molecule has 4 rings (SSSR count). The van der Waals surface area contributed by atoms with Gasteiger partial charge in [0.05, 0.1) is 4.92 Å². The highest BCUT2D eigenvalue weighted by Crippen LogP contribution is 2.36. The molecule has 0 atom stereocenters. The van der Waals surface area contributed by atoms with E-state index in [9.17, 15) is 10.1 Å². The summed E-state index contributed by atoms with van der Waals surface area (Å²) in [6, 6.07) is 10.8. The van der Waals surface area contributed by atoms with Crippen LogP contribution < -0.4 is 9.47 Å². The van der Waals surface area contributed by atoms with Crippen molar-refractivity contribution >= 4 is 17.4 Å². The first-order valence-corrected chi connectivity index (χ1v) is 9.75. The number of nitrogens with zero attached hydrogens (tertiary/aromatic N) is 4. The van der Waals surface area contributed by atoms with Gasteiger partial charge in [-0.3, -0.25) is 10.1 Å². The van der Waals surface area contributed by atoms with Crippen LogP contribution in [0.25, 0.3) is 11.4 Å². The molecular weight excluding hydrogens is 380 g/mol. The summed E-state index contributed by atoms with van der Waals surface area (Å²) in [5.74, 6) is 2.57. The summed E-state index contributed by atoms with van der Waals surface area (Å²) in [6.45, 7) is 4.83. The molecule has 0 radical (unpaired) electrons. The number of ether oxygens (including phenoxy) is 2. The predicted molar refractivity (Wildman–Crippen MR) is 105 cm³/mol. The fraction of sp³-hybridized carbons (Fsp3) is 0.263. The summed E-state index contributed by atoms with van der Waals surface area (Å²) in [5.41, 5.74) is 2.66. The van der Waals surface area contributed by atoms with Gasteiger partial charge >= 0.3 is 0 Å². The molecule has 0 spiro atoms. The Hall–Kier alpha value is -3.07. The van der Waals surface area contributed by atoms with E-state index in [1.165, 1.54) is 11.8 Å². The maximum atomic E-state index is 11.3. The summed E-state index contributed by atoms with van der Waals surface area (Å²) in [4.78, 5) is 10.9. The van der Waals surface area contributed by atoms with E-state index in [0.717, 1.165) is 17.0 Å². The van der Waals surface area contributed by atoms with Crippen LogP contribution in [0.1, 0.15) is 18.1 Å². The molecular formula is C19H18N4O4S. The van der Waals surface area contributed by atoms with E-state index in [4.69, 9.17) is 9.47 Å². The lowest BCUT2D eigenvalue weighted by molar-refractivity contribution is -0.385. The molecule has 8 nitrogen and oxygen atoms in total. The van der Waals surface area contributed by atoms with E-state index in [2.05, 4.69) is 10.2 Å². The lowest BCUT2D eigenvalue weighted by Gasteiger charge is -2.08. The number of rotatable bonds is 6. The van der Waals surface area contributed by atoms with Crippen molar-refractivity contribution in [2.24, 2.45) is 0 Å². The second-order valence-corrected chi connectivity index (χ2v) is 7.24. The minimum atomic E-state index is -0.349. The maximum absolute atomic E-state index is 11.3. The average molecular weight is 398 g/mol. The van der Waals surface area contributed by atoms with Crippen molar-refractivity contribution in [1.29, 1.82) is 0 Å². The molecule has 0 saturated heterocycles. The van der Waals surface area contributed by atoms with E-state index in [0.29, 0.717) is 34.5 Å². The highest BCUT2D eigenvalue weighted by Gasteiger charge is 2.20. The standard InChI is InChI=1S/C19H18N4O4S/c1-3-22-18(13-5-7-16-17(9-13)27-11-26-16)20-21-19(22)28-10-14-8-12(2)4-6-15(14)23(24)25/h4-9H,3,10-11H2,1-2H3. The largest absolute Gasteiger partial charge is 0.454 e. The number of thioether (sulfide) groups is 1. The molecule has 0 aliphatic carbocycles. The number of nitro benzene ring substituents is 1. The topological polar surface area (TPSA) is 92.3 Å². The average Bonchev–Trinajstić information content (AvgIpc) is 3.31. The highest BCUT2D eigenvalue weighted by molar-refractivity contribution is 7.98. The van der Waals surface area contributed by atoms with Crippen LogP contribution in [0.2, 0.25) is 0 Å². The van der Waals surface area contributed by atoms with Crippen LogP contribution in [0.15, 0.2) is 41.6 Å². The monoisotopic (exact) mass is 398 g/mol.